The minimum Gasteiger partial charge on any atom is -0.468 e. The number of nitrogens with zero attached hydrogens (tertiary/aromatic N) is 1. The van der Waals surface area contributed by atoms with E-state index in [2.05, 4.69) is 0 Å². The third-order valence-electron chi connectivity index (χ3n) is 3.01. The summed E-state index contributed by atoms with van der Waals surface area (Å²) in [6.45, 7) is 2.18. The number of benzene rings is 1. The molecule has 18 heavy (non-hydrogen) atoms. The van der Waals surface area contributed by atoms with Gasteiger partial charge in [-0.05, 0) is 17.7 Å². The van der Waals surface area contributed by atoms with Gasteiger partial charge >= 0.3 is 5.97 Å². The number of hydrogen-bond acceptors (Lipinski definition) is 4. The molecule has 0 aliphatic carbocycles. The molecule has 5 heteroatoms. The van der Waals surface area contributed by atoms with Crippen LogP contribution in [0, 0.1) is 5.82 Å². The van der Waals surface area contributed by atoms with E-state index in [1.54, 1.807) is 12.1 Å². The summed E-state index contributed by atoms with van der Waals surface area (Å²) in [5, 5.41) is 0. The molecule has 1 saturated heterocycles. The monoisotopic (exact) mass is 253 g/mol. The van der Waals surface area contributed by atoms with Gasteiger partial charge in [0.1, 0.15) is 11.9 Å². The van der Waals surface area contributed by atoms with Gasteiger partial charge in [0.15, 0.2) is 0 Å². The molecule has 1 aliphatic heterocycles. The average molecular weight is 253 g/mol. The number of methoxy groups -OCH3 is 1. The van der Waals surface area contributed by atoms with Gasteiger partial charge in [-0.15, -0.1) is 0 Å². The zero-order valence-corrected chi connectivity index (χ0v) is 10.3. The van der Waals surface area contributed by atoms with Crippen LogP contribution in [0.25, 0.3) is 0 Å². The van der Waals surface area contributed by atoms with E-state index in [9.17, 15) is 9.18 Å². The summed E-state index contributed by atoms with van der Waals surface area (Å²) in [5.41, 5.74) is 0.965. The van der Waals surface area contributed by atoms with Crippen LogP contribution >= 0.6 is 0 Å². The summed E-state index contributed by atoms with van der Waals surface area (Å²) in [6.07, 6.45) is 0. The van der Waals surface area contributed by atoms with Crippen molar-refractivity contribution in [2.75, 3.05) is 26.9 Å². The maximum Gasteiger partial charge on any atom is 0.325 e. The molecule has 1 fully saturated rings. The van der Waals surface area contributed by atoms with Crippen LogP contribution in [-0.4, -0.2) is 43.8 Å². The van der Waals surface area contributed by atoms with Gasteiger partial charge in [-0.1, -0.05) is 12.1 Å². The highest BCUT2D eigenvalue weighted by molar-refractivity contribution is 5.75. The minimum atomic E-state index is -0.381. The van der Waals surface area contributed by atoms with Crippen LogP contribution in [-0.2, 0) is 20.8 Å². The largest absolute Gasteiger partial charge is 0.468 e. The second-order valence-corrected chi connectivity index (χ2v) is 4.21. The second-order valence-electron chi connectivity index (χ2n) is 4.21. The lowest BCUT2D eigenvalue weighted by Crippen LogP contribution is -2.49. The standard InChI is InChI=1S/C13H16FNO3/c1-17-13(16)12-9-18-7-6-15(12)8-10-2-4-11(14)5-3-10/h2-5,12H,6-9H2,1H3. The first kappa shape index (κ1) is 13.0. The number of ether oxygens (including phenoxy) is 2. The van der Waals surface area contributed by atoms with E-state index in [-0.39, 0.29) is 17.8 Å². The van der Waals surface area contributed by atoms with Gasteiger partial charge in [0.05, 0.1) is 20.3 Å². The molecule has 2 rings (SSSR count). The van der Waals surface area contributed by atoms with Crippen molar-refractivity contribution < 1.29 is 18.7 Å². The van der Waals surface area contributed by atoms with Crippen molar-refractivity contribution >= 4 is 5.97 Å². The number of esters is 1. The number of halogens is 1. The third kappa shape index (κ3) is 3.05. The summed E-state index contributed by atoms with van der Waals surface area (Å²) >= 11 is 0. The summed E-state index contributed by atoms with van der Waals surface area (Å²) in [4.78, 5) is 13.6. The van der Waals surface area contributed by atoms with Crippen LogP contribution in [0.4, 0.5) is 4.39 Å². The fourth-order valence-electron chi connectivity index (χ4n) is 2.00. The number of carbonyl (C=O) groups excluding carboxylic acids is 1. The predicted octanol–water partition coefficient (Wildman–Crippen LogP) is 1.20. The van der Waals surface area contributed by atoms with Crippen LogP contribution in [0.2, 0.25) is 0 Å². The fourth-order valence-corrected chi connectivity index (χ4v) is 2.00. The highest BCUT2D eigenvalue weighted by Crippen LogP contribution is 2.14. The molecular formula is C13H16FNO3. The van der Waals surface area contributed by atoms with E-state index in [1.807, 2.05) is 4.90 Å². The molecule has 0 amide bonds. The molecule has 1 unspecified atom stereocenters. The molecule has 1 aromatic carbocycles. The maximum absolute atomic E-state index is 12.8. The Kier molecular flexibility index (Phi) is 4.28. The van der Waals surface area contributed by atoms with Gasteiger partial charge in [0.2, 0.25) is 0 Å². The van der Waals surface area contributed by atoms with Crippen LogP contribution in [0.5, 0.6) is 0 Å². The van der Waals surface area contributed by atoms with Crippen molar-refractivity contribution in [1.82, 2.24) is 4.90 Å². The van der Waals surface area contributed by atoms with Crippen molar-refractivity contribution in [2.24, 2.45) is 0 Å². The summed E-state index contributed by atoms with van der Waals surface area (Å²) in [6, 6.07) is 5.90. The predicted molar refractivity (Wildman–Crippen MR) is 63.4 cm³/mol. The number of hydrogen-bond donors (Lipinski definition) is 0. The molecule has 4 nitrogen and oxygen atoms in total. The lowest BCUT2D eigenvalue weighted by atomic mass is 10.1. The Balaban J connectivity index is 2.05. The zero-order valence-electron chi connectivity index (χ0n) is 10.3. The van der Waals surface area contributed by atoms with Crippen LogP contribution < -0.4 is 0 Å². The van der Waals surface area contributed by atoms with Gasteiger partial charge < -0.3 is 9.47 Å². The molecule has 1 heterocycles. The van der Waals surface area contributed by atoms with Crippen molar-refractivity contribution in [3.05, 3.63) is 35.6 Å². The van der Waals surface area contributed by atoms with E-state index in [0.29, 0.717) is 26.3 Å². The lowest BCUT2D eigenvalue weighted by Gasteiger charge is -2.33. The van der Waals surface area contributed by atoms with Gasteiger partial charge in [-0.2, -0.15) is 0 Å². The van der Waals surface area contributed by atoms with E-state index in [0.717, 1.165) is 5.56 Å². The van der Waals surface area contributed by atoms with Crippen molar-refractivity contribution in [3.63, 3.8) is 0 Å². The Labute approximate surface area is 105 Å². The van der Waals surface area contributed by atoms with Gasteiger partial charge in [0.25, 0.3) is 0 Å². The Morgan fingerprint density at radius 2 is 2.22 bits per heavy atom. The third-order valence-corrected chi connectivity index (χ3v) is 3.01. The maximum atomic E-state index is 12.8. The Morgan fingerprint density at radius 3 is 2.89 bits per heavy atom. The Bertz CT molecular complexity index is 407. The summed E-state index contributed by atoms with van der Waals surface area (Å²) < 4.78 is 22.9. The first-order valence-electron chi connectivity index (χ1n) is 5.85. The number of rotatable bonds is 3. The number of carbonyl (C=O) groups is 1. The molecule has 98 valence electrons. The highest BCUT2D eigenvalue weighted by Gasteiger charge is 2.30. The van der Waals surface area contributed by atoms with Gasteiger partial charge in [0, 0.05) is 13.1 Å². The lowest BCUT2D eigenvalue weighted by molar-refractivity contribution is -0.153. The quantitative estimate of drug-likeness (QED) is 0.759. The van der Waals surface area contributed by atoms with E-state index in [1.165, 1.54) is 19.2 Å². The van der Waals surface area contributed by atoms with Crippen LogP contribution in [0.1, 0.15) is 5.56 Å². The van der Waals surface area contributed by atoms with Crippen molar-refractivity contribution in [3.8, 4) is 0 Å². The average Bonchev–Trinajstić information content (AvgIpc) is 2.41. The van der Waals surface area contributed by atoms with E-state index >= 15 is 0 Å². The molecule has 1 aliphatic rings. The summed E-state index contributed by atoms with van der Waals surface area (Å²) in [5.74, 6) is -0.554. The Hall–Kier alpha value is -1.46. The molecule has 0 spiro atoms. The molecule has 0 bridgehead atoms. The smallest absolute Gasteiger partial charge is 0.325 e. The fraction of sp³-hybridized carbons (Fsp3) is 0.462. The Morgan fingerprint density at radius 1 is 1.50 bits per heavy atom. The first-order chi connectivity index (χ1) is 8.70. The molecule has 0 radical (unpaired) electrons. The van der Waals surface area contributed by atoms with Crippen LogP contribution in [0.15, 0.2) is 24.3 Å². The summed E-state index contributed by atoms with van der Waals surface area (Å²) in [7, 11) is 1.37. The van der Waals surface area contributed by atoms with Gasteiger partial charge in [-0.3, -0.25) is 9.69 Å². The SMILES string of the molecule is COC(=O)C1COCCN1Cc1ccc(F)cc1. The molecule has 0 saturated carbocycles. The molecule has 1 atom stereocenters. The topological polar surface area (TPSA) is 38.8 Å². The highest BCUT2D eigenvalue weighted by atomic mass is 19.1. The second kappa shape index (κ2) is 5.93. The van der Waals surface area contributed by atoms with E-state index in [4.69, 9.17) is 9.47 Å². The van der Waals surface area contributed by atoms with Crippen molar-refractivity contribution in [1.29, 1.82) is 0 Å². The van der Waals surface area contributed by atoms with Crippen LogP contribution in [0.3, 0.4) is 0 Å². The molecular weight excluding hydrogens is 237 g/mol. The van der Waals surface area contributed by atoms with Gasteiger partial charge in [-0.25, -0.2) is 4.39 Å². The molecule has 1 aromatic rings. The zero-order chi connectivity index (χ0) is 13.0. The molecule has 0 aromatic heterocycles. The number of morpholine rings is 1. The minimum absolute atomic E-state index is 0.259. The van der Waals surface area contributed by atoms with Crippen molar-refractivity contribution in [2.45, 2.75) is 12.6 Å². The molecule has 0 N–H and O–H groups in total. The normalized spacial score (nSPS) is 20.7. The van der Waals surface area contributed by atoms with E-state index < -0.39 is 0 Å². The first-order valence-corrected chi connectivity index (χ1v) is 5.85.